The molecule has 0 aromatic carbocycles. The van der Waals surface area contributed by atoms with Crippen molar-refractivity contribution in [3.05, 3.63) is 11.1 Å². The molecule has 1 fully saturated rings. The fourth-order valence-corrected chi connectivity index (χ4v) is 4.89. The van der Waals surface area contributed by atoms with Crippen molar-refractivity contribution in [2.24, 2.45) is 4.99 Å². The second kappa shape index (κ2) is 6.97. The number of rotatable bonds is 3. The molecular formula is C19H32N2O3Si. The number of amidine groups is 1. The van der Waals surface area contributed by atoms with Crippen LogP contribution in [0.3, 0.4) is 0 Å². The molecule has 3 rings (SSSR count). The maximum Gasteiger partial charge on any atom is 0.253 e. The van der Waals surface area contributed by atoms with Gasteiger partial charge in [0.2, 0.25) is 0 Å². The van der Waals surface area contributed by atoms with E-state index >= 15 is 0 Å². The summed E-state index contributed by atoms with van der Waals surface area (Å²) >= 11 is 0. The molecule has 0 saturated heterocycles. The van der Waals surface area contributed by atoms with Crippen molar-refractivity contribution in [2.45, 2.75) is 83.2 Å². The number of nitrogens with zero attached hydrogens (tertiary/aromatic N) is 1. The van der Waals surface area contributed by atoms with Crippen LogP contribution in [0.1, 0.15) is 52.9 Å². The summed E-state index contributed by atoms with van der Waals surface area (Å²) in [5, 5.41) is 3.16. The number of aliphatic imine (C=N–C) groups is 1. The van der Waals surface area contributed by atoms with E-state index in [-0.39, 0.29) is 23.1 Å². The topological polar surface area (TPSA) is 59.9 Å². The van der Waals surface area contributed by atoms with E-state index < -0.39 is 8.32 Å². The van der Waals surface area contributed by atoms with Gasteiger partial charge in [-0.25, -0.2) is 0 Å². The van der Waals surface area contributed by atoms with Gasteiger partial charge in [0.25, 0.3) is 5.91 Å². The molecule has 5 nitrogen and oxygen atoms in total. The van der Waals surface area contributed by atoms with Gasteiger partial charge in [-0.15, -0.1) is 0 Å². The van der Waals surface area contributed by atoms with Gasteiger partial charge in [-0.1, -0.05) is 33.6 Å². The third-order valence-electron chi connectivity index (χ3n) is 6.11. The average Bonchev–Trinajstić information content (AvgIpc) is 2.85. The Balaban J connectivity index is 1.80. The number of nitrogens with one attached hydrogen (secondary N) is 1. The fraction of sp³-hybridized carbons (Fsp3) is 0.789. The molecule has 25 heavy (non-hydrogen) atoms. The molecule has 1 aliphatic carbocycles. The molecule has 0 radical (unpaired) electrons. The Hall–Kier alpha value is -0.983. The highest BCUT2D eigenvalue weighted by Gasteiger charge is 2.41. The molecule has 0 aromatic heterocycles. The van der Waals surface area contributed by atoms with Crippen LogP contribution >= 0.6 is 0 Å². The summed E-state index contributed by atoms with van der Waals surface area (Å²) < 4.78 is 12.2. The van der Waals surface area contributed by atoms with E-state index in [1.165, 1.54) is 12.8 Å². The first-order valence-electron chi connectivity index (χ1n) is 9.56. The van der Waals surface area contributed by atoms with Crippen molar-refractivity contribution in [1.29, 1.82) is 0 Å². The zero-order valence-corrected chi connectivity index (χ0v) is 17.3. The van der Waals surface area contributed by atoms with Gasteiger partial charge in [-0.3, -0.25) is 9.79 Å². The molecule has 0 bridgehead atoms. The van der Waals surface area contributed by atoms with Gasteiger partial charge < -0.3 is 14.5 Å². The maximum absolute atomic E-state index is 12.2. The number of ether oxygens (including phenoxy) is 1. The highest BCUT2D eigenvalue weighted by Crippen LogP contribution is 2.39. The number of hydrogen-bond donors (Lipinski definition) is 1. The summed E-state index contributed by atoms with van der Waals surface area (Å²) in [6.07, 6.45) is 5.31. The zero-order chi connectivity index (χ0) is 18.2. The molecule has 3 aliphatic rings. The molecule has 140 valence electrons. The third kappa shape index (κ3) is 3.91. The first kappa shape index (κ1) is 18.8. The SMILES string of the molecule is CC(C)(C)[Si](C)(C)O[C@H]1CCCC[C@H]1N=C1NC(=O)C2=C1COCC2. The van der Waals surface area contributed by atoms with Crippen molar-refractivity contribution < 1.29 is 14.0 Å². The van der Waals surface area contributed by atoms with Gasteiger partial charge in [-0.2, -0.15) is 0 Å². The third-order valence-corrected chi connectivity index (χ3v) is 10.6. The van der Waals surface area contributed by atoms with Crippen LogP contribution in [-0.4, -0.2) is 45.4 Å². The molecule has 2 atom stereocenters. The highest BCUT2D eigenvalue weighted by molar-refractivity contribution is 6.74. The van der Waals surface area contributed by atoms with Gasteiger partial charge in [0, 0.05) is 17.6 Å². The molecule has 2 aliphatic heterocycles. The smallest absolute Gasteiger partial charge is 0.253 e. The number of carbonyl (C=O) groups excluding carboxylic acids is 1. The lowest BCUT2D eigenvalue weighted by atomic mass is 9.93. The Labute approximate surface area is 152 Å². The van der Waals surface area contributed by atoms with E-state index in [0.29, 0.717) is 19.6 Å². The van der Waals surface area contributed by atoms with Crippen LogP contribution in [-0.2, 0) is 14.0 Å². The lowest BCUT2D eigenvalue weighted by molar-refractivity contribution is -0.116. The minimum atomic E-state index is -1.83. The van der Waals surface area contributed by atoms with Gasteiger partial charge in [-0.05, 0) is 31.0 Å². The normalized spacial score (nSPS) is 29.8. The molecular weight excluding hydrogens is 332 g/mol. The van der Waals surface area contributed by atoms with Gasteiger partial charge in [0.15, 0.2) is 8.32 Å². The van der Waals surface area contributed by atoms with Crippen LogP contribution in [0.15, 0.2) is 16.1 Å². The standard InChI is InChI=1S/C19H32N2O3Si/c1-19(2,3)25(4,5)24-16-9-7-6-8-15(16)20-17-14-12-23-11-10-13(14)18(22)21-17/h15-16H,6-12H2,1-5H3,(H,20,21,22)/t15-,16+/m1/s1. The van der Waals surface area contributed by atoms with E-state index in [9.17, 15) is 4.79 Å². The first-order chi connectivity index (χ1) is 11.7. The zero-order valence-electron chi connectivity index (χ0n) is 16.3. The lowest BCUT2D eigenvalue weighted by Gasteiger charge is -2.42. The van der Waals surface area contributed by atoms with E-state index in [1.54, 1.807) is 0 Å². The van der Waals surface area contributed by atoms with Crippen LogP contribution in [0.2, 0.25) is 18.1 Å². The second-order valence-electron chi connectivity index (χ2n) is 8.96. The van der Waals surface area contributed by atoms with Crippen LogP contribution in [0.4, 0.5) is 0 Å². The molecule has 2 heterocycles. The summed E-state index contributed by atoms with van der Waals surface area (Å²) in [7, 11) is -1.83. The Morgan fingerprint density at radius 2 is 1.92 bits per heavy atom. The van der Waals surface area contributed by atoms with Gasteiger partial charge >= 0.3 is 0 Å². The predicted molar refractivity (Wildman–Crippen MR) is 102 cm³/mol. The molecule has 1 N–H and O–H groups in total. The summed E-state index contributed by atoms with van der Waals surface area (Å²) in [5.74, 6) is 0.741. The predicted octanol–water partition coefficient (Wildman–Crippen LogP) is 3.56. The van der Waals surface area contributed by atoms with Gasteiger partial charge in [0.05, 0.1) is 25.4 Å². The van der Waals surface area contributed by atoms with Crippen LogP contribution in [0, 0.1) is 0 Å². The Morgan fingerprint density at radius 3 is 2.64 bits per heavy atom. The van der Waals surface area contributed by atoms with Crippen molar-refractivity contribution in [1.82, 2.24) is 5.32 Å². The average molecular weight is 365 g/mol. The van der Waals surface area contributed by atoms with Crippen LogP contribution in [0.25, 0.3) is 0 Å². The minimum Gasteiger partial charge on any atom is -0.412 e. The first-order valence-corrected chi connectivity index (χ1v) is 12.5. The second-order valence-corrected chi connectivity index (χ2v) is 13.7. The number of amides is 1. The fourth-order valence-electron chi connectivity index (χ4n) is 3.50. The monoisotopic (exact) mass is 364 g/mol. The summed E-state index contributed by atoms with van der Waals surface area (Å²) in [6, 6.07) is 0.131. The molecule has 1 saturated carbocycles. The Morgan fingerprint density at radius 1 is 1.20 bits per heavy atom. The lowest BCUT2D eigenvalue weighted by Crippen LogP contribution is -2.48. The highest BCUT2D eigenvalue weighted by atomic mass is 28.4. The van der Waals surface area contributed by atoms with Crippen LogP contribution < -0.4 is 5.32 Å². The van der Waals surface area contributed by atoms with Crippen molar-refractivity contribution in [2.75, 3.05) is 13.2 Å². The van der Waals surface area contributed by atoms with Crippen molar-refractivity contribution in [3.63, 3.8) is 0 Å². The van der Waals surface area contributed by atoms with E-state index in [1.807, 2.05) is 0 Å². The number of carbonyl (C=O) groups is 1. The Kier molecular flexibility index (Phi) is 5.24. The molecule has 0 spiro atoms. The largest absolute Gasteiger partial charge is 0.412 e. The molecule has 1 amide bonds. The summed E-state index contributed by atoms with van der Waals surface area (Å²) in [4.78, 5) is 17.1. The maximum atomic E-state index is 12.2. The number of hydrogen-bond acceptors (Lipinski definition) is 4. The molecule has 0 aromatic rings. The summed E-state index contributed by atoms with van der Waals surface area (Å²) in [5.41, 5.74) is 1.83. The van der Waals surface area contributed by atoms with Gasteiger partial charge in [0.1, 0.15) is 5.84 Å². The van der Waals surface area contributed by atoms with Crippen LogP contribution in [0.5, 0.6) is 0 Å². The quantitative estimate of drug-likeness (QED) is 0.779. The van der Waals surface area contributed by atoms with Crippen molar-refractivity contribution >= 4 is 20.1 Å². The minimum absolute atomic E-state index is 0.00900. The Bertz CT molecular complexity index is 604. The van der Waals surface area contributed by atoms with Crippen molar-refractivity contribution in [3.8, 4) is 0 Å². The van der Waals surface area contributed by atoms with E-state index in [4.69, 9.17) is 14.2 Å². The molecule has 0 unspecified atom stereocenters. The van der Waals surface area contributed by atoms with E-state index in [2.05, 4.69) is 39.2 Å². The molecule has 6 heteroatoms. The summed E-state index contributed by atoms with van der Waals surface area (Å²) in [6.45, 7) is 12.6. The van der Waals surface area contributed by atoms with E-state index in [0.717, 1.165) is 29.8 Å².